The average molecular weight is 231 g/mol. The van der Waals surface area contributed by atoms with E-state index < -0.39 is 5.97 Å². The molecule has 0 atom stereocenters. The second kappa shape index (κ2) is 4.72. The zero-order valence-corrected chi connectivity index (χ0v) is 9.15. The van der Waals surface area contributed by atoms with Gasteiger partial charge < -0.3 is 5.11 Å². The molecule has 0 spiro atoms. The summed E-state index contributed by atoms with van der Waals surface area (Å²) in [6, 6.07) is 7.60. The Hall–Kier alpha value is -1.94. The van der Waals surface area contributed by atoms with Crippen molar-refractivity contribution in [2.24, 2.45) is 0 Å². The van der Waals surface area contributed by atoms with Crippen molar-refractivity contribution < 1.29 is 9.90 Å². The molecule has 16 heavy (non-hydrogen) atoms. The highest BCUT2D eigenvalue weighted by atomic mass is 32.1. The second-order valence-electron chi connectivity index (χ2n) is 3.13. The minimum atomic E-state index is -0.941. The van der Waals surface area contributed by atoms with Crippen molar-refractivity contribution >= 4 is 23.4 Å². The van der Waals surface area contributed by atoms with E-state index in [2.05, 4.69) is 4.98 Å². The smallest absolute Gasteiger partial charge is 0.328 e. The summed E-state index contributed by atoms with van der Waals surface area (Å²) in [4.78, 5) is 14.5. The highest BCUT2D eigenvalue weighted by Crippen LogP contribution is 2.21. The van der Waals surface area contributed by atoms with Crippen LogP contribution in [-0.4, -0.2) is 16.1 Å². The quantitative estimate of drug-likeness (QED) is 0.826. The molecule has 1 aromatic heterocycles. The Labute approximate surface area is 96.7 Å². The summed E-state index contributed by atoms with van der Waals surface area (Å²) in [6.07, 6.45) is 4.45. The molecule has 0 saturated heterocycles. The van der Waals surface area contributed by atoms with Crippen LogP contribution in [0, 0.1) is 0 Å². The second-order valence-corrected chi connectivity index (χ2v) is 4.03. The Morgan fingerprint density at radius 3 is 2.62 bits per heavy atom. The summed E-state index contributed by atoms with van der Waals surface area (Å²) in [7, 11) is 0. The molecule has 2 aromatic rings. The monoisotopic (exact) mass is 231 g/mol. The van der Waals surface area contributed by atoms with Crippen molar-refractivity contribution in [1.29, 1.82) is 0 Å². The first-order valence-corrected chi connectivity index (χ1v) is 5.54. The molecule has 1 aromatic carbocycles. The fraction of sp³-hybridized carbons (Fsp3) is 0. The zero-order valence-electron chi connectivity index (χ0n) is 8.33. The van der Waals surface area contributed by atoms with Gasteiger partial charge in [-0.15, -0.1) is 11.3 Å². The Morgan fingerprint density at radius 1 is 1.31 bits per heavy atom. The molecule has 4 heteroatoms. The number of hydrogen-bond acceptors (Lipinski definition) is 3. The third-order valence-corrected chi connectivity index (χ3v) is 2.83. The number of thiazole rings is 1. The number of hydrogen-bond donors (Lipinski definition) is 1. The van der Waals surface area contributed by atoms with E-state index in [1.54, 1.807) is 23.6 Å². The molecule has 0 aliphatic rings. The van der Waals surface area contributed by atoms with Gasteiger partial charge >= 0.3 is 5.97 Å². The number of aliphatic carboxylic acids is 1. The average Bonchev–Trinajstić information content (AvgIpc) is 2.80. The summed E-state index contributed by atoms with van der Waals surface area (Å²) in [5.74, 6) is -0.941. The molecule has 1 heterocycles. The molecule has 0 aliphatic heterocycles. The van der Waals surface area contributed by atoms with Crippen LogP contribution in [0.5, 0.6) is 0 Å². The maximum atomic E-state index is 10.3. The number of carboxylic acids is 1. The van der Waals surface area contributed by atoms with Gasteiger partial charge in [-0.25, -0.2) is 9.78 Å². The number of aromatic nitrogens is 1. The minimum Gasteiger partial charge on any atom is -0.478 e. The van der Waals surface area contributed by atoms with E-state index in [0.717, 1.165) is 22.2 Å². The molecule has 0 unspecified atom stereocenters. The molecule has 3 nitrogen and oxygen atoms in total. The Bertz CT molecular complexity index is 500. The summed E-state index contributed by atoms with van der Waals surface area (Å²) in [5.41, 5.74) is 1.91. The van der Waals surface area contributed by atoms with Gasteiger partial charge in [0.25, 0.3) is 0 Å². The third-order valence-electron chi connectivity index (χ3n) is 2.01. The predicted molar refractivity (Wildman–Crippen MR) is 64.2 cm³/mol. The van der Waals surface area contributed by atoms with E-state index in [1.165, 1.54) is 0 Å². The van der Waals surface area contributed by atoms with E-state index in [0.29, 0.717) is 0 Å². The van der Waals surface area contributed by atoms with Crippen LogP contribution in [0.2, 0.25) is 0 Å². The van der Waals surface area contributed by atoms with Crippen LogP contribution in [0.3, 0.4) is 0 Å². The Morgan fingerprint density at radius 2 is 2.06 bits per heavy atom. The minimum absolute atomic E-state index is 0.864. The maximum Gasteiger partial charge on any atom is 0.328 e. The van der Waals surface area contributed by atoms with E-state index in [1.807, 2.05) is 29.6 Å². The molecule has 2 rings (SSSR count). The molecule has 0 aliphatic carbocycles. The molecule has 0 amide bonds. The van der Waals surface area contributed by atoms with Crippen LogP contribution >= 0.6 is 11.3 Å². The third kappa shape index (κ3) is 2.55. The fourth-order valence-electron chi connectivity index (χ4n) is 1.27. The van der Waals surface area contributed by atoms with Gasteiger partial charge in [0.15, 0.2) is 0 Å². The lowest BCUT2D eigenvalue weighted by Crippen LogP contribution is -1.85. The van der Waals surface area contributed by atoms with Crippen molar-refractivity contribution in [2.45, 2.75) is 0 Å². The first-order chi connectivity index (χ1) is 7.75. The number of rotatable bonds is 3. The molecule has 0 bridgehead atoms. The molecule has 0 saturated carbocycles. The zero-order chi connectivity index (χ0) is 11.4. The van der Waals surface area contributed by atoms with Gasteiger partial charge in [-0.05, 0) is 11.6 Å². The van der Waals surface area contributed by atoms with Crippen LogP contribution in [0.25, 0.3) is 16.6 Å². The summed E-state index contributed by atoms with van der Waals surface area (Å²) >= 11 is 1.58. The van der Waals surface area contributed by atoms with Crippen molar-refractivity contribution in [3.63, 3.8) is 0 Å². The molecule has 80 valence electrons. The summed E-state index contributed by atoms with van der Waals surface area (Å²) in [6.45, 7) is 0. The maximum absolute atomic E-state index is 10.3. The standard InChI is InChI=1S/C12H9NO2S/c14-11(15)6-3-9-1-4-10(5-2-9)12-13-7-8-16-12/h1-8H,(H,14,15)/b6-3+. The van der Waals surface area contributed by atoms with Crippen LogP contribution in [-0.2, 0) is 4.79 Å². The van der Waals surface area contributed by atoms with Gasteiger partial charge in [-0.1, -0.05) is 24.3 Å². The van der Waals surface area contributed by atoms with Crippen molar-refractivity contribution in [1.82, 2.24) is 4.98 Å². The molecular formula is C12H9NO2S. The van der Waals surface area contributed by atoms with Gasteiger partial charge in [0.05, 0.1) is 0 Å². The lowest BCUT2D eigenvalue weighted by Gasteiger charge is -1.96. The topological polar surface area (TPSA) is 50.2 Å². The number of carboxylic acid groups (broad SMARTS) is 1. The van der Waals surface area contributed by atoms with Crippen LogP contribution < -0.4 is 0 Å². The first kappa shape index (κ1) is 10.6. The Balaban J connectivity index is 2.20. The lowest BCUT2D eigenvalue weighted by atomic mass is 10.1. The van der Waals surface area contributed by atoms with Crippen LogP contribution in [0.4, 0.5) is 0 Å². The van der Waals surface area contributed by atoms with Crippen molar-refractivity contribution in [3.8, 4) is 10.6 Å². The van der Waals surface area contributed by atoms with Crippen molar-refractivity contribution in [3.05, 3.63) is 47.5 Å². The normalized spacial score (nSPS) is 10.8. The van der Waals surface area contributed by atoms with Crippen LogP contribution in [0.15, 0.2) is 41.9 Å². The van der Waals surface area contributed by atoms with Gasteiger partial charge in [-0.3, -0.25) is 0 Å². The molecule has 0 radical (unpaired) electrons. The predicted octanol–water partition coefficient (Wildman–Crippen LogP) is 2.91. The van der Waals surface area contributed by atoms with Gasteiger partial charge in [0.2, 0.25) is 0 Å². The van der Waals surface area contributed by atoms with E-state index >= 15 is 0 Å². The SMILES string of the molecule is O=C(O)/C=C/c1ccc(-c2nccs2)cc1. The summed E-state index contributed by atoms with van der Waals surface area (Å²) in [5, 5.41) is 11.4. The van der Waals surface area contributed by atoms with E-state index in [-0.39, 0.29) is 0 Å². The highest BCUT2D eigenvalue weighted by molar-refractivity contribution is 7.13. The van der Waals surface area contributed by atoms with Gasteiger partial charge in [-0.2, -0.15) is 0 Å². The molecular weight excluding hydrogens is 222 g/mol. The molecule has 1 N–H and O–H groups in total. The number of nitrogens with zero attached hydrogens (tertiary/aromatic N) is 1. The van der Waals surface area contributed by atoms with Crippen molar-refractivity contribution in [2.75, 3.05) is 0 Å². The fourth-order valence-corrected chi connectivity index (χ4v) is 1.91. The highest BCUT2D eigenvalue weighted by Gasteiger charge is 1.98. The van der Waals surface area contributed by atoms with E-state index in [4.69, 9.17) is 5.11 Å². The van der Waals surface area contributed by atoms with Crippen LogP contribution in [0.1, 0.15) is 5.56 Å². The first-order valence-electron chi connectivity index (χ1n) is 4.66. The summed E-state index contributed by atoms with van der Waals surface area (Å²) < 4.78 is 0. The molecule has 0 fully saturated rings. The van der Waals surface area contributed by atoms with Gasteiger partial charge in [0.1, 0.15) is 5.01 Å². The largest absolute Gasteiger partial charge is 0.478 e. The van der Waals surface area contributed by atoms with Gasteiger partial charge in [0, 0.05) is 23.2 Å². The van der Waals surface area contributed by atoms with E-state index in [9.17, 15) is 4.79 Å². The number of benzene rings is 1. The Kier molecular flexibility index (Phi) is 3.12. The number of carbonyl (C=O) groups is 1. The lowest BCUT2D eigenvalue weighted by molar-refractivity contribution is -0.131.